The summed E-state index contributed by atoms with van der Waals surface area (Å²) in [6.45, 7) is 0.788. The Morgan fingerprint density at radius 2 is 2.10 bits per heavy atom. The molecule has 9 nitrogen and oxygen atoms in total. The highest BCUT2D eigenvalue weighted by atomic mass is 19.1. The monoisotopic (exact) mass is 424 g/mol. The van der Waals surface area contributed by atoms with Gasteiger partial charge in [-0.3, -0.25) is 14.5 Å². The molecule has 0 aliphatic carbocycles. The molecule has 0 aliphatic heterocycles. The Labute approximate surface area is 181 Å². The van der Waals surface area contributed by atoms with Gasteiger partial charge in [0, 0.05) is 27.8 Å². The molecule has 3 aromatic heterocycles. The number of nitrogens with zero attached hydrogens (tertiary/aromatic N) is 5. The average molecular weight is 424 g/mol. The fraction of sp³-hybridized carbons (Fsp3) is 0.190. The molecule has 1 amide bonds. The number of imidazole rings is 1. The molecule has 4 rings (SSSR count). The van der Waals surface area contributed by atoms with Gasteiger partial charge in [0.1, 0.15) is 28.7 Å². The van der Waals surface area contributed by atoms with Gasteiger partial charge in [0.2, 0.25) is 5.95 Å². The van der Waals surface area contributed by atoms with Crippen LogP contribution >= 0.6 is 0 Å². The molecule has 0 bridgehead atoms. The van der Waals surface area contributed by atoms with Crippen LogP contribution in [0.1, 0.15) is 33.0 Å². The number of aromatic nitrogens is 5. The number of benzene rings is 1. The van der Waals surface area contributed by atoms with E-state index in [2.05, 4.69) is 25.3 Å². The molecule has 31 heavy (non-hydrogen) atoms. The first-order valence-electron chi connectivity index (χ1n) is 10.7. The normalized spacial score (nSPS) is 14.0. The fourth-order valence-corrected chi connectivity index (χ4v) is 3.24. The van der Waals surface area contributed by atoms with Gasteiger partial charge in [-0.25, -0.2) is 24.3 Å². The Morgan fingerprint density at radius 1 is 1.29 bits per heavy atom. The van der Waals surface area contributed by atoms with Gasteiger partial charge >= 0.3 is 0 Å². The number of nitrogen functional groups attached to an aromatic ring is 1. The number of aryl methyl sites for hydroxylation is 3. The number of carbonyl (C=O) groups excluding carboxylic acids is 1. The van der Waals surface area contributed by atoms with Crippen molar-refractivity contribution < 1.29 is 18.4 Å². The van der Waals surface area contributed by atoms with E-state index in [0.717, 1.165) is 6.07 Å². The van der Waals surface area contributed by atoms with Gasteiger partial charge in [-0.05, 0) is 38.4 Å². The summed E-state index contributed by atoms with van der Waals surface area (Å²) in [5.41, 5.74) is 7.95. The van der Waals surface area contributed by atoms with Gasteiger partial charge in [0.25, 0.3) is 5.91 Å². The van der Waals surface area contributed by atoms with Gasteiger partial charge in [0.15, 0.2) is 6.10 Å². The van der Waals surface area contributed by atoms with Crippen LogP contribution in [0, 0.1) is 26.5 Å². The number of rotatable bonds is 4. The molecule has 4 aromatic rings. The van der Waals surface area contributed by atoms with Crippen molar-refractivity contribution in [2.24, 2.45) is 0 Å². The Morgan fingerprint density at radius 3 is 2.81 bits per heavy atom. The second kappa shape index (κ2) is 7.73. The van der Waals surface area contributed by atoms with Crippen molar-refractivity contribution in [1.29, 1.82) is 0 Å². The first-order chi connectivity index (χ1) is 16.0. The number of hydrogen-bond donors (Lipinski definition) is 3. The first kappa shape index (κ1) is 16.8. The summed E-state index contributed by atoms with van der Waals surface area (Å²) in [6.07, 6.45) is 1.18. The fourth-order valence-electron chi connectivity index (χ4n) is 3.24. The van der Waals surface area contributed by atoms with Crippen molar-refractivity contribution in [3.63, 3.8) is 0 Å². The Bertz CT molecular complexity index is 1420. The number of aliphatic hydroxyl groups is 1. The lowest BCUT2D eigenvalue weighted by Crippen LogP contribution is -2.22. The molecule has 0 spiro atoms. The van der Waals surface area contributed by atoms with Crippen LogP contribution in [0.15, 0.2) is 36.7 Å². The van der Waals surface area contributed by atoms with E-state index in [9.17, 15) is 14.3 Å². The molecule has 4 N–H and O–H groups in total. The maximum Gasteiger partial charge on any atom is 0.260 e. The van der Waals surface area contributed by atoms with Gasteiger partial charge in [-0.15, -0.1) is 0 Å². The highest BCUT2D eigenvalue weighted by molar-refractivity contribution is 5.93. The van der Waals surface area contributed by atoms with Crippen LogP contribution in [0.25, 0.3) is 16.8 Å². The third-order valence-corrected chi connectivity index (χ3v) is 4.75. The summed E-state index contributed by atoms with van der Waals surface area (Å²) in [5.74, 6) is -1.64. The molecular weight excluding hydrogens is 401 g/mol. The molecule has 1 aromatic carbocycles. The van der Waals surface area contributed by atoms with Crippen molar-refractivity contribution in [3.05, 3.63) is 65.3 Å². The molecule has 1 atom stereocenters. The van der Waals surface area contributed by atoms with Crippen LogP contribution in [0.2, 0.25) is 0 Å². The lowest BCUT2D eigenvalue weighted by atomic mass is 10.1. The van der Waals surface area contributed by atoms with Crippen molar-refractivity contribution >= 4 is 23.2 Å². The number of halogens is 1. The number of carbonyl (C=O) groups is 1. The summed E-state index contributed by atoms with van der Waals surface area (Å²) in [4.78, 5) is 29.2. The standard InChI is InChI=1S/C21H20FN7O2/c1-10-8-24-19(23)17-16(27-12(3)29(10)17)15-9-25-21(26-11(15)2)28-20(31)18(30)13-5-4-6-14(22)7-13/h4-9,18,30H,1-3H3,(H2,23,24)(H,25,26,28,31)/i3D3. The summed E-state index contributed by atoms with van der Waals surface area (Å²) >= 11 is 0. The maximum atomic E-state index is 13.4. The van der Waals surface area contributed by atoms with Crippen LogP contribution < -0.4 is 11.1 Å². The van der Waals surface area contributed by atoms with Crippen molar-refractivity contribution in [2.45, 2.75) is 26.8 Å². The largest absolute Gasteiger partial charge is 0.382 e. The van der Waals surface area contributed by atoms with E-state index in [4.69, 9.17) is 9.85 Å². The predicted octanol–water partition coefficient (Wildman–Crippen LogP) is 2.50. The molecule has 0 saturated heterocycles. The second-order valence-electron chi connectivity index (χ2n) is 6.89. The summed E-state index contributed by atoms with van der Waals surface area (Å²) in [7, 11) is 0. The SMILES string of the molecule is [2H]C([2H])([2H])c1nc(-c2cnc(NC(=O)C(O)c3cccc(F)c3)nc2C)c2c(N)ncc(C)n12. The number of anilines is 2. The third kappa shape index (κ3) is 3.68. The van der Waals surface area contributed by atoms with E-state index in [0.29, 0.717) is 22.5 Å². The Balaban J connectivity index is 1.71. The quantitative estimate of drug-likeness (QED) is 0.459. The maximum absolute atomic E-state index is 13.4. The number of amides is 1. The van der Waals surface area contributed by atoms with E-state index in [-0.39, 0.29) is 28.8 Å². The molecule has 158 valence electrons. The molecule has 0 radical (unpaired) electrons. The Kier molecular flexibility index (Phi) is 4.19. The summed E-state index contributed by atoms with van der Waals surface area (Å²) < 4.78 is 38.4. The average Bonchev–Trinajstić information content (AvgIpc) is 3.18. The molecule has 1 unspecified atom stereocenters. The molecule has 0 saturated carbocycles. The van der Waals surface area contributed by atoms with E-state index < -0.39 is 24.7 Å². The molecule has 3 heterocycles. The minimum atomic E-state index is -2.52. The topological polar surface area (TPSA) is 131 Å². The number of nitrogens with two attached hydrogens (primary N) is 1. The molecule has 0 fully saturated rings. The second-order valence-corrected chi connectivity index (χ2v) is 6.89. The summed E-state index contributed by atoms with van der Waals surface area (Å²) in [5, 5.41) is 12.6. The number of aliphatic hydroxyl groups excluding tert-OH is 1. The van der Waals surface area contributed by atoms with E-state index in [1.54, 1.807) is 13.8 Å². The summed E-state index contributed by atoms with van der Waals surface area (Å²) in [6, 6.07) is 5.03. The number of nitrogens with one attached hydrogen (secondary N) is 1. The molecule has 10 heteroatoms. The van der Waals surface area contributed by atoms with E-state index in [1.165, 1.54) is 35.0 Å². The zero-order valence-corrected chi connectivity index (χ0v) is 16.6. The van der Waals surface area contributed by atoms with E-state index >= 15 is 0 Å². The smallest absolute Gasteiger partial charge is 0.260 e. The molecule has 0 aliphatic rings. The van der Waals surface area contributed by atoms with Gasteiger partial charge in [0.05, 0.1) is 5.69 Å². The van der Waals surface area contributed by atoms with Crippen LogP contribution in [-0.2, 0) is 4.79 Å². The van der Waals surface area contributed by atoms with Crippen LogP contribution in [0.3, 0.4) is 0 Å². The Hall–Kier alpha value is -3.92. The number of hydrogen-bond acceptors (Lipinski definition) is 7. The minimum absolute atomic E-state index is 0.0749. The zero-order chi connectivity index (χ0) is 24.8. The predicted molar refractivity (Wildman–Crippen MR) is 113 cm³/mol. The van der Waals surface area contributed by atoms with Crippen molar-refractivity contribution in [3.8, 4) is 11.3 Å². The van der Waals surface area contributed by atoms with Gasteiger partial charge in [-0.1, -0.05) is 12.1 Å². The highest BCUT2D eigenvalue weighted by Crippen LogP contribution is 2.30. The van der Waals surface area contributed by atoms with Crippen molar-refractivity contribution in [2.75, 3.05) is 11.1 Å². The van der Waals surface area contributed by atoms with Crippen LogP contribution in [0.5, 0.6) is 0 Å². The van der Waals surface area contributed by atoms with Gasteiger partial charge < -0.3 is 10.8 Å². The number of fused-ring (bicyclic) bond motifs is 1. The van der Waals surface area contributed by atoms with Gasteiger partial charge in [-0.2, -0.15) is 0 Å². The third-order valence-electron chi connectivity index (χ3n) is 4.75. The molecular formula is C21H20FN7O2. The lowest BCUT2D eigenvalue weighted by Gasteiger charge is -2.12. The minimum Gasteiger partial charge on any atom is -0.382 e. The zero-order valence-electron chi connectivity index (χ0n) is 19.6. The first-order valence-corrected chi connectivity index (χ1v) is 9.19. The van der Waals surface area contributed by atoms with Crippen molar-refractivity contribution in [1.82, 2.24) is 24.3 Å². The van der Waals surface area contributed by atoms with Crippen LogP contribution in [-0.4, -0.2) is 35.4 Å². The van der Waals surface area contributed by atoms with E-state index in [1.807, 2.05) is 0 Å². The van der Waals surface area contributed by atoms with Crippen LogP contribution in [0.4, 0.5) is 16.2 Å². The lowest BCUT2D eigenvalue weighted by molar-refractivity contribution is -0.124. The highest BCUT2D eigenvalue weighted by Gasteiger charge is 2.21.